The monoisotopic (exact) mass is 1220 g/mol. The van der Waals surface area contributed by atoms with Crippen molar-refractivity contribution in [2.45, 2.75) is 78.9 Å². The van der Waals surface area contributed by atoms with E-state index in [0.29, 0.717) is 6.54 Å². The Labute approximate surface area is 527 Å². The van der Waals surface area contributed by atoms with Crippen molar-refractivity contribution < 1.29 is 7.48 Å². The fraction of sp³-hybridized carbons (Fsp3) is 0.446. The molecule has 0 radical (unpaired) electrons. The normalized spacial score (nSPS) is 15.2. The quantitative estimate of drug-likeness (QED) is 0.0313. The van der Waals surface area contributed by atoms with Crippen molar-refractivity contribution in [2.24, 2.45) is 4.78 Å². The summed E-state index contributed by atoms with van der Waals surface area (Å²) in [4.78, 5) is 30.4. The minimum absolute atomic E-state index is 0.0261. The zero-order valence-corrected chi connectivity index (χ0v) is 54.3. The SMILES string of the molecule is CN1CCN(C(c2cccnc2)c2nnnn2CCc2ccccc2)CC1.CN1CCN(C(c2cccnc2)c2nnnn2CCc2ccccc2)CC1.CN1CCNCC1.COc1cccnc1.C[Si](C)(C)N=[N+]=[N-].[2H]C.[2H]C.[C-]#[N+]CCc1ccccc1. The summed E-state index contributed by atoms with van der Waals surface area (Å²) in [6.45, 7) is 27.5. The van der Waals surface area contributed by atoms with Crippen LogP contribution in [-0.2, 0) is 32.4 Å². The summed E-state index contributed by atoms with van der Waals surface area (Å²) >= 11 is 0. The highest BCUT2D eigenvalue weighted by atomic mass is 28.3. The van der Waals surface area contributed by atoms with E-state index >= 15 is 0 Å². The number of aromatic nitrogens is 11. The Morgan fingerprint density at radius 2 is 0.966 bits per heavy atom. The molecule has 3 aromatic carbocycles. The third-order valence-electron chi connectivity index (χ3n) is 14.2. The van der Waals surface area contributed by atoms with Crippen LogP contribution < -0.4 is 10.1 Å². The van der Waals surface area contributed by atoms with Crippen LogP contribution in [0.25, 0.3) is 15.3 Å². The van der Waals surface area contributed by atoms with Crippen molar-refractivity contribution in [3.8, 4) is 5.75 Å². The first-order chi connectivity index (χ1) is 43.9. The summed E-state index contributed by atoms with van der Waals surface area (Å²) < 4.78 is 23.8. The Morgan fingerprint density at radius 3 is 1.27 bits per heavy atom. The molecule has 22 nitrogen and oxygen atoms in total. The molecular formula is C65H95N21OSi. The molecule has 470 valence electrons. The van der Waals surface area contributed by atoms with Crippen LogP contribution >= 0.6 is 0 Å². The van der Waals surface area contributed by atoms with Gasteiger partial charge in [-0.3, -0.25) is 24.8 Å². The number of likely N-dealkylation sites (N-methyl/N-ethyl adjacent to an activating group) is 3. The highest BCUT2D eigenvalue weighted by molar-refractivity contribution is 6.74. The van der Waals surface area contributed by atoms with E-state index in [0.717, 1.165) is 126 Å². The number of rotatable bonds is 16. The molecule has 3 aliphatic rings. The predicted molar refractivity (Wildman–Crippen MR) is 355 cm³/mol. The Hall–Kier alpha value is -8.17. The van der Waals surface area contributed by atoms with Crippen LogP contribution in [0.15, 0.2) is 169 Å². The van der Waals surface area contributed by atoms with Gasteiger partial charge in [0.05, 0.1) is 25.4 Å². The van der Waals surface area contributed by atoms with Gasteiger partial charge in [-0.05, 0) is 117 Å². The van der Waals surface area contributed by atoms with E-state index in [4.69, 9.17) is 19.6 Å². The molecule has 23 heteroatoms. The molecule has 0 saturated carbocycles. The number of azide groups is 1. The lowest BCUT2D eigenvalue weighted by atomic mass is 10.1. The second kappa shape index (κ2) is 41.1. The summed E-state index contributed by atoms with van der Waals surface area (Å²) in [6.07, 6.45) is 13.5. The average Bonchev–Trinajstić information content (AvgIpc) is 1.70. The number of hydrogen-bond donors (Lipinski definition) is 1. The summed E-state index contributed by atoms with van der Waals surface area (Å²) in [6, 6.07) is 42.9. The lowest BCUT2D eigenvalue weighted by Gasteiger charge is -2.37. The van der Waals surface area contributed by atoms with Gasteiger partial charge in [0.15, 0.2) is 11.6 Å². The molecule has 0 amide bonds. The van der Waals surface area contributed by atoms with E-state index in [1.54, 1.807) is 19.5 Å². The fourth-order valence-electron chi connectivity index (χ4n) is 9.38. The number of tetrazole rings is 2. The Balaban J connectivity index is 0.000000252. The smallest absolute Gasteiger partial charge is 0.218 e. The van der Waals surface area contributed by atoms with Crippen LogP contribution in [0.2, 0.25) is 19.6 Å². The van der Waals surface area contributed by atoms with E-state index in [1.807, 2.05) is 121 Å². The van der Waals surface area contributed by atoms with Gasteiger partial charge in [0.2, 0.25) is 6.54 Å². The number of nitrogens with one attached hydrogen (secondary N) is 1. The first-order valence-electron chi connectivity index (χ1n) is 31.5. The van der Waals surface area contributed by atoms with E-state index in [9.17, 15) is 0 Å². The third-order valence-corrected chi connectivity index (χ3v) is 14.9. The van der Waals surface area contributed by atoms with Crippen molar-refractivity contribution in [2.75, 3.05) is 113 Å². The zero-order valence-electron chi connectivity index (χ0n) is 55.3. The summed E-state index contributed by atoms with van der Waals surface area (Å²) in [5.41, 5.74) is 14.0. The molecule has 0 bridgehead atoms. The lowest BCUT2D eigenvalue weighted by Crippen LogP contribution is -2.46. The van der Waals surface area contributed by atoms with Crippen LogP contribution in [0.5, 0.6) is 5.75 Å². The highest BCUT2D eigenvalue weighted by Crippen LogP contribution is 2.29. The number of hydrogen-bond acceptors (Lipinski definition) is 17. The van der Waals surface area contributed by atoms with Crippen molar-refractivity contribution in [1.29, 1.82) is 0 Å². The van der Waals surface area contributed by atoms with Gasteiger partial charge in [-0.25, -0.2) is 15.9 Å². The zero-order chi connectivity index (χ0) is 65.0. The van der Waals surface area contributed by atoms with Crippen LogP contribution in [0.4, 0.5) is 0 Å². The molecule has 0 spiro atoms. The Bertz CT molecular complexity index is 2980. The Morgan fingerprint density at radius 1 is 0.568 bits per heavy atom. The molecule has 8 heterocycles. The lowest BCUT2D eigenvalue weighted by molar-refractivity contribution is 0.121. The first-order valence-corrected chi connectivity index (χ1v) is 32.9. The molecule has 1 N–H and O–H groups in total. The third kappa shape index (κ3) is 26.4. The van der Waals surface area contributed by atoms with E-state index in [1.165, 1.54) is 44.6 Å². The number of aryl methyl sites for hydroxylation is 4. The molecule has 11 rings (SSSR count). The van der Waals surface area contributed by atoms with Gasteiger partial charge in [0.25, 0.3) is 0 Å². The van der Waals surface area contributed by atoms with Gasteiger partial charge < -0.3 is 29.6 Å². The van der Waals surface area contributed by atoms with Crippen molar-refractivity contribution in [1.82, 2.24) is 85.2 Å². The van der Waals surface area contributed by atoms with E-state index in [2.05, 4.69) is 172 Å². The first kappa shape index (κ1) is 68.9. The molecular weight excluding hydrogens is 1120 g/mol. The number of methoxy groups -OCH3 is 1. The van der Waals surface area contributed by atoms with Crippen LogP contribution in [0.1, 0.15) is 69.1 Å². The highest BCUT2D eigenvalue weighted by Gasteiger charge is 2.31. The maximum absolute atomic E-state index is 7.89. The summed E-state index contributed by atoms with van der Waals surface area (Å²) in [5.74, 6) is 2.58. The molecule has 5 aromatic heterocycles. The maximum Gasteiger partial charge on any atom is 0.218 e. The molecule has 8 aromatic rings. The average molecular weight is 1220 g/mol. The maximum atomic E-state index is 7.89. The molecule has 0 aliphatic carbocycles. The number of nitrogens with zero attached hydrogens (tertiary/aromatic N) is 20. The standard InChI is InChI=1S/2C20H25N7.C9H9N.C6H7NO.C5H12N2.C3H9N3Si.2CH4/c2*1-25-12-14-26(15-13-25)19(18-8-5-10-21-16-18)20-22-23-24-27(20)11-9-17-6-3-2-4-7-17;1-10-8-7-9-5-3-2-4-6-9;1-8-6-3-2-4-7-5-6;1-7-4-2-6-3-5-7;1-7(2,3)6-5-4;;/h2*2-8,10,16,19H,9,11-15H2,1H3;2-6H,7-8H2;2-5H,1H3;6H,2-5H2,1H3;1-3H3;2*1H4/i;;;;;;2*1D. The molecule has 2 unspecified atom stereocenters. The number of pyridine rings is 3. The Kier molecular flexibility index (Phi) is 32.2. The summed E-state index contributed by atoms with van der Waals surface area (Å²) in [5, 5.41) is 28.7. The number of piperazine rings is 3. The number of benzene rings is 3. The number of ether oxygens (including phenoxy) is 1. The predicted octanol–water partition coefficient (Wildman–Crippen LogP) is 9.46. The van der Waals surface area contributed by atoms with Crippen molar-refractivity contribution in [3.63, 3.8) is 0 Å². The molecule has 3 saturated heterocycles. The molecule has 2 atom stereocenters. The van der Waals surface area contributed by atoms with Crippen LogP contribution in [-0.4, -0.2) is 201 Å². The van der Waals surface area contributed by atoms with Gasteiger partial charge in [-0.1, -0.05) is 138 Å². The minimum Gasteiger partial charge on any atom is -0.495 e. The van der Waals surface area contributed by atoms with E-state index in [-0.39, 0.29) is 12.1 Å². The minimum atomic E-state index is -1.45. The van der Waals surface area contributed by atoms with Gasteiger partial charge >= 0.3 is 0 Å². The van der Waals surface area contributed by atoms with Crippen molar-refractivity contribution in [3.05, 3.63) is 226 Å². The fourth-order valence-corrected chi connectivity index (χ4v) is 9.65. The van der Waals surface area contributed by atoms with E-state index < -0.39 is 8.24 Å². The molecule has 3 fully saturated rings. The molecule has 3 aliphatic heterocycles. The topological polar surface area (TPSA) is 216 Å². The largest absolute Gasteiger partial charge is 0.495 e. The second-order valence-electron chi connectivity index (χ2n) is 22.0. The van der Waals surface area contributed by atoms with Crippen LogP contribution in [0, 0.1) is 6.57 Å². The molecule has 88 heavy (non-hydrogen) atoms. The van der Waals surface area contributed by atoms with Gasteiger partial charge in [-0.15, -0.1) is 15.0 Å². The van der Waals surface area contributed by atoms with Gasteiger partial charge in [0, 0.05) is 132 Å². The van der Waals surface area contributed by atoms with Gasteiger partial charge in [0.1, 0.15) is 14.0 Å². The second-order valence-corrected chi connectivity index (χ2v) is 26.5. The van der Waals surface area contributed by atoms with Gasteiger partial charge in [-0.2, -0.15) is 0 Å². The van der Waals surface area contributed by atoms with Crippen LogP contribution in [0.3, 0.4) is 0 Å². The van der Waals surface area contributed by atoms with Crippen molar-refractivity contribution >= 4 is 8.24 Å². The summed E-state index contributed by atoms with van der Waals surface area (Å²) in [7, 11) is 9.16.